The summed E-state index contributed by atoms with van der Waals surface area (Å²) in [5.74, 6) is 0.269. The smallest absolute Gasteiger partial charge is 0.387 e. The Morgan fingerprint density at radius 2 is 1.76 bits per heavy atom. The maximum atomic E-state index is 12.2. The summed E-state index contributed by atoms with van der Waals surface area (Å²) in [6.07, 6.45) is 0. The summed E-state index contributed by atoms with van der Waals surface area (Å²) in [6, 6.07) is 16.6. The van der Waals surface area contributed by atoms with Crippen LogP contribution in [-0.2, 0) is 0 Å². The third-order valence-electron chi connectivity index (χ3n) is 3.40. The summed E-state index contributed by atoms with van der Waals surface area (Å²) in [5.41, 5.74) is 6.03. The van der Waals surface area contributed by atoms with Crippen LogP contribution in [0.3, 0.4) is 0 Å². The van der Waals surface area contributed by atoms with E-state index >= 15 is 0 Å². The molecule has 0 spiro atoms. The molecule has 3 rings (SSSR count). The van der Waals surface area contributed by atoms with E-state index in [1.165, 1.54) is 0 Å². The van der Waals surface area contributed by atoms with Crippen LogP contribution in [0.4, 0.5) is 8.78 Å². The van der Waals surface area contributed by atoms with Crippen LogP contribution in [0.5, 0.6) is 5.75 Å². The average molecular weight is 288 g/mol. The van der Waals surface area contributed by atoms with Crippen molar-refractivity contribution in [2.45, 2.75) is 12.5 Å². The van der Waals surface area contributed by atoms with Crippen molar-refractivity contribution < 1.29 is 13.5 Å². The minimum absolute atomic E-state index is 0.105. The summed E-state index contributed by atoms with van der Waals surface area (Å²) < 4.78 is 28.7. The van der Waals surface area contributed by atoms with E-state index in [-0.39, 0.29) is 11.7 Å². The molecular weight excluding hydrogens is 274 g/mol. The van der Waals surface area contributed by atoms with E-state index in [4.69, 9.17) is 0 Å². The van der Waals surface area contributed by atoms with Crippen molar-refractivity contribution in [3.63, 3.8) is 0 Å². The highest BCUT2D eigenvalue weighted by Crippen LogP contribution is 2.26. The van der Waals surface area contributed by atoms with Crippen LogP contribution >= 0.6 is 0 Å². The van der Waals surface area contributed by atoms with Gasteiger partial charge in [-0.15, -0.1) is 0 Å². The third-order valence-corrected chi connectivity index (χ3v) is 3.40. The molecule has 0 aliphatic carbocycles. The summed E-state index contributed by atoms with van der Waals surface area (Å²) >= 11 is 0. The first-order valence-electron chi connectivity index (χ1n) is 6.64. The maximum Gasteiger partial charge on any atom is 0.387 e. The van der Waals surface area contributed by atoms with E-state index in [0.29, 0.717) is 6.54 Å². The molecule has 1 N–H and O–H groups in total. The maximum absolute atomic E-state index is 12.2. The summed E-state index contributed by atoms with van der Waals surface area (Å²) in [4.78, 5) is 0. The minimum atomic E-state index is -2.80. The zero-order valence-electron chi connectivity index (χ0n) is 11.2. The van der Waals surface area contributed by atoms with Crippen molar-refractivity contribution in [1.29, 1.82) is 0 Å². The number of halogens is 2. The van der Waals surface area contributed by atoms with E-state index < -0.39 is 6.61 Å². The summed E-state index contributed by atoms with van der Waals surface area (Å²) in [7, 11) is 0. The molecule has 5 heteroatoms. The van der Waals surface area contributed by atoms with Crippen LogP contribution in [0.1, 0.15) is 17.0 Å². The Morgan fingerprint density at radius 1 is 1.05 bits per heavy atom. The molecule has 108 valence electrons. The molecule has 1 aliphatic rings. The largest absolute Gasteiger partial charge is 0.435 e. The quantitative estimate of drug-likeness (QED) is 0.935. The number of nitrogens with zero attached hydrogens (tertiary/aromatic N) is 1. The van der Waals surface area contributed by atoms with Crippen molar-refractivity contribution in [2.75, 3.05) is 6.54 Å². The minimum Gasteiger partial charge on any atom is -0.435 e. The van der Waals surface area contributed by atoms with E-state index in [1.54, 1.807) is 24.3 Å². The second-order valence-corrected chi connectivity index (χ2v) is 4.73. The summed E-state index contributed by atoms with van der Waals surface area (Å²) in [5, 5.41) is 4.35. The predicted molar refractivity (Wildman–Crippen MR) is 76.8 cm³/mol. The molecule has 0 aromatic heterocycles. The second kappa shape index (κ2) is 5.91. The lowest BCUT2D eigenvalue weighted by molar-refractivity contribution is -0.0498. The molecule has 0 bridgehead atoms. The highest BCUT2D eigenvalue weighted by molar-refractivity contribution is 6.06. The Balaban J connectivity index is 1.82. The first kappa shape index (κ1) is 13.5. The molecule has 0 saturated heterocycles. The van der Waals surface area contributed by atoms with Crippen molar-refractivity contribution in [2.24, 2.45) is 5.10 Å². The first-order valence-corrected chi connectivity index (χ1v) is 6.64. The van der Waals surface area contributed by atoms with Crippen molar-refractivity contribution in [1.82, 2.24) is 5.43 Å². The lowest BCUT2D eigenvalue weighted by Crippen LogP contribution is -2.14. The van der Waals surface area contributed by atoms with Gasteiger partial charge in [0.1, 0.15) is 5.75 Å². The Labute approximate surface area is 121 Å². The van der Waals surface area contributed by atoms with Gasteiger partial charge >= 0.3 is 6.61 Å². The average Bonchev–Trinajstić information content (AvgIpc) is 2.98. The van der Waals surface area contributed by atoms with Gasteiger partial charge in [0.15, 0.2) is 0 Å². The lowest BCUT2D eigenvalue weighted by atomic mass is 9.91. The SMILES string of the molecule is FC(F)Oc1ccc(C2CNN=C2c2ccccc2)cc1. The standard InChI is InChI=1S/C16H14F2N2O/c17-16(18)21-13-8-6-11(7-9-13)14-10-19-20-15(14)12-4-2-1-3-5-12/h1-9,14,16,19H,10H2. The van der Waals surface area contributed by atoms with Gasteiger partial charge in [0.2, 0.25) is 0 Å². The normalized spacial score (nSPS) is 17.5. The van der Waals surface area contributed by atoms with Gasteiger partial charge in [-0.2, -0.15) is 13.9 Å². The van der Waals surface area contributed by atoms with Crippen LogP contribution in [-0.4, -0.2) is 18.9 Å². The van der Waals surface area contributed by atoms with Crippen LogP contribution in [0.25, 0.3) is 0 Å². The Morgan fingerprint density at radius 3 is 2.43 bits per heavy atom. The molecule has 1 aliphatic heterocycles. The second-order valence-electron chi connectivity index (χ2n) is 4.73. The van der Waals surface area contributed by atoms with Gasteiger partial charge in [0.25, 0.3) is 0 Å². The van der Waals surface area contributed by atoms with Gasteiger partial charge in [-0.3, -0.25) is 0 Å². The number of alkyl halides is 2. The number of hydrogen-bond donors (Lipinski definition) is 1. The summed E-state index contributed by atoms with van der Waals surface area (Å²) in [6.45, 7) is -2.11. The van der Waals surface area contributed by atoms with Gasteiger partial charge in [0.05, 0.1) is 5.71 Å². The van der Waals surface area contributed by atoms with Gasteiger partial charge in [-0.25, -0.2) is 0 Å². The van der Waals surface area contributed by atoms with E-state index in [9.17, 15) is 8.78 Å². The molecule has 21 heavy (non-hydrogen) atoms. The van der Waals surface area contributed by atoms with E-state index in [0.717, 1.165) is 16.8 Å². The molecule has 3 nitrogen and oxygen atoms in total. The van der Waals surface area contributed by atoms with E-state index in [1.807, 2.05) is 30.3 Å². The molecule has 1 heterocycles. The highest BCUT2D eigenvalue weighted by atomic mass is 19.3. The molecule has 0 radical (unpaired) electrons. The monoisotopic (exact) mass is 288 g/mol. The molecule has 2 aromatic rings. The molecule has 0 fully saturated rings. The number of ether oxygens (including phenoxy) is 1. The van der Waals surface area contributed by atoms with Crippen molar-refractivity contribution in [3.05, 3.63) is 65.7 Å². The van der Waals surface area contributed by atoms with Gasteiger partial charge in [0, 0.05) is 12.5 Å². The molecule has 1 unspecified atom stereocenters. The zero-order valence-corrected chi connectivity index (χ0v) is 11.2. The Kier molecular flexibility index (Phi) is 3.81. The number of rotatable bonds is 4. The Bertz CT molecular complexity index is 626. The van der Waals surface area contributed by atoms with E-state index in [2.05, 4.69) is 15.3 Å². The van der Waals surface area contributed by atoms with Gasteiger partial charge in [-0.05, 0) is 23.3 Å². The van der Waals surface area contributed by atoms with Crippen molar-refractivity contribution in [3.8, 4) is 5.75 Å². The van der Waals surface area contributed by atoms with Crippen LogP contribution in [0.2, 0.25) is 0 Å². The molecular formula is C16H14F2N2O. The fraction of sp³-hybridized carbons (Fsp3) is 0.188. The van der Waals surface area contributed by atoms with Gasteiger partial charge < -0.3 is 10.2 Å². The molecule has 1 atom stereocenters. The number of benzene rings is 2. The number of hydrazone groups is 1. The molecule has 2 aromatic carbocycles. The highest BCUT2D eigenvalue weighted by Gasteiger charge is 2.24. The molecule has 0 saturated carbocycles. The van der Waals surface area contributed by atoms with Crippen LogP contribution in [0.15, 0.2) is 59.7 Å². The predicted octanol–water partition coefficient (Wildman–Crippen LogP) is 3.38. The first-order chi connectivity index (χ1) is 10.2. The third kappa shape index (κ3) is 3.02. The Hall–Kier alpha value is -2.43. The number of hydrogen-bond acceptors (Lipinski definition) is 3. The van der Waals surface area contributed by atoms with Crippen molar-refractivity contribution >= 4 is 5.71 Å². The number of nitrogens with one attached hydrogen (secondary N) is 1. The zero-order chi connectivity index (χ0) is 14.7. The van der Waals surface area contributed by atoms with Gasteiger partial charge in [-0.1, -0.05) is 42.5 Å². The lowest BCUT2D eigenvalue weighted by Gasteiger charge is -2.13. The fourth-order valence-electron chi connectivity index (χ4n) is 2.43. The molecule has 0 amide bonds. The van der Waals surface area contributed by atoms with Crippen LogP contribution < -0.4 is 10.2 Å². The fourth-order valence-corrected chi connectivity index (χ4v) is 2.43. The topological polar surface area (TPSA) is 33.6 Å². The van der Waals surface area contributed by atoms with Crippen LogP contribution in [0, 0.1) is 0 Å².